The Hall–Kier alpha value is -1.70. The van der Waals surface area contributed by atoms with Crippen LogP contribution in [-0.4, -0.2) is 10.2 Å². The fraction of sp³-hybridized carbons (Fsp3) is 0.615. The number of unbranched alkanes of at least 4 members (excludes halogenated alkanes) is 4. The van der Waals surface area contributed by atoms with Crippen LogP contribution >= 0.6 is 0 Å². The molecule has 1 fully saturated rings. The Kier molecular flexibility index (Phi) is 8.51. The zero-order valence-corrected chi connectivity index (χ0v) is 18.0. The van der Waals surface area contributed by atoms with Crippen LogP contribution in [0.5, 0.6) is 0 Å². The molecule has 0 amide bonds. The van der Waals surface area contributed by atoms with Crippen molar-refractivity contribution >= 4 is 0 Å². The third-order valence-electron chi connectivity index (χ3n) is 6.48. The molecule has 1 aliphatic rings. The van der Waals surface area contributed by atoms with E-state index >= 15 is 0 Å². The van der Waals surface area contributed by atoms with Crippen LogP contribution in [0, 0.1) is 5.92 Å². The minimum atomic E-state index is 0.616. The molecule has 0 radical (unpaired) electrons. The van der Waals surface area contributed by atoms with E-state index in [2.05, 4.69) is 60.4 Å². The number of aryl methyl sites for hydroxylation is 1. The maximum Gasteiger partial charge on any atom is 0.0929 e. The topological polar surface area (TPSA) is 25.8 Å². The van der Waals surface area contributed by atoms with E-state index in [9.17, 15) is 0 Å². The monoisotopic (exact) mass is 378 g/mol. The van der Waals surface area contributed by atoms with Crippen molar-refractivity contribution in [3.63, 3.8) is 0 Å². The van der Waals surface area contributed by atoms with Gasteiger partial charge in [0.1, 0.15) is 0 Å². The Morgan fingerprint density at radius 2 is 1.46 bits per heavy atom. The fourth-order valence-corrected chi connectivity index (χ4v) is 4.57. The number of rotatable bonds is 10. The average molecular weight is 379 g/mol. The fourth-order valence-electron chi connectivity index (χ4n) is 4.57. The summed E-state index contributed by atoms with van der Waals surface area (Å²) in [6, 6.07) is 13.3. The van der Waals surface area contributed by atoms with E-state index in [-0.39, 0.29) is 0 Å². The van der Waals surface area contributed by atoms with Gasteiger partial charge in [0.2, 0.25) is 0 Å². The van der Waals surface area contributed by atoms with Crippen molar-refractivity contribution in [2.45, 2.75) is 96.8 Å². The van der Waals surface area contributed by atoms with Crippen LogP contribution in [0.1, 0.15) is 102 Å². The molecule has 1 aliphatic carbocycles. The summed E-state index contributed by atoms with van der Waals surface area (Å²) in [4.78, 5) is 0. The van der Waals surface area contributed by atoms with Crippen LogP contribution < -0.4 is 0 Å². The van der Waals surface area contributed by atoms with Gasteiger partial charge in [0.05, 0.1) is 11.4 Å². The Labute approximate surface area is 172 Å². The van der Waals surface area contributed by atoms with Gasteiger partial charge in [-0.15, -0.1) is 0 Å². The molecule has 152 valence electrons. The largest absolute Gasteiger partial charge is 0.155 e. The Morgan fingerprint density at radius 1 is 0.750 bits per heavy atom. The second-order valence-corrected chi connectivity index (χ2v) is 8.71. The van der Waals surface area contributed by atoms with E-state index in [1.807, 2.05) is 0 Å². The van der Waals surface area contributed by atoms with Crippen LogP contribution in [0.15, 0.2) is 36.4 Å². The molecule has 1 heterocycles. The summed E-state index contributed by atoms with van der Waals surface area (Å²) in [5.41, 5.74) is 4.81. The predicted molar refractivity (Wildman–Crippen MR) is 120 cm³/mol. The summed E-state index contributed by atoms with van der Waals surface area (Å²) < 4.78 is 0. The first-order chi connectivity index (χ1) is 13.8. The molecule has 1 saturated carbocycles. The third-order valence-corrected chi connectivity index (χ3v) is 6.48. The molecule has 1 aromatic carbocycles. The number of hydrogen-bond donors (Lipinski definition) is 0. The first kappa shape index (κ1) is 21.0. The van der Waals surface area contributed by atoms with E-state index < -0.39 is 0 Å². The van der Waals surface area contributed by atoms with E-state index in [1.54, 1.807) is 0 Å². The highest BCUT2D eigenvalue weighted by atomic mass is 15.1. The smallest absolute Gasteiger partial charge is 0.0929 e. The normalized spacial score (nSPS) is 19.6. The van der Waals surface area contributed by atoms with E-state index in [1.165, 1.54) is 93.9 Å². The van der Waals surface area contributed by atoms with Crippen molar-refractivity contribution in [2.24, 2.45) is 5.92 Å². The van der Waals surface area contributed by atoms with Crippen LogP contribution in [0.3, 0.4) is 0 Å². The molecule has 2 heteroatoms. The van der Waals surface area contributed by atoms with E-state index in [4.69, 9.17) is 0 Å². The highest BCUT2D eigenvalue weighted by molar-refractivity contribution is 5.58. The highest BCUT2D eigenvalue weighted by Crippen LogP contribution is 2.37. The number of hydrogen-bond acceptors (Lipinski definition) is 2. The molecule has 0 bridgehead atoms. The number of aromatic nitrogens is 2. The predicted octanol–water partition coefficient (Wildman–Crippen LogP) is 7.73. The zero-order valence-electron chi connectivity index (χ0n) is 18.0. The summed E-state index contributed by atoms with van der Waals surface area (Å²) in [5.74, 6) is 1.57. The standard InChI is InChI=1S/C26H38N2/c1-3-5-7-9-21-11-15-23(16-12-21)25-19-20-26(28-27-25)24-17-13-22(14-18-24)10-8-6-4-2/h11-12,15-16,19-20,22,24H,3-10,13-14,17-18H2,1-2H3/t22-,24-. The lowest BCUT2D eigenvalue weighted by Gasteiger charge is -2.28. The van der Waals surface area contributed by atoms with Crippen molar-refractivity contribution in [2.75, 3.05) is 0 Å². The minimum Gasteiger partial charge on any atom is -0.155 e. The van der Waals surface area contributed by atoms with E-state index in [0.717, 1.165) is 11.6 Å². The van der Waals surface area contributed by atoms with Gasteiger partial charge in [0, 0.05) is 11.5 Å². The van der Waals surface area contributed by atoms with Gasteiger partial charge in [-0.3, -0.25) is 0 Å². The minimum absolute atomic E-state index is 0.616. The Bertz CT molecular complexity index is 667. The Balaban J connectivity index is 1.51. The summed E-state index contributed by atoms with van der Waals surface area (Å²) in [6.45, 7) is 4.55. The van der Waals surface area contributed by atoms with Gasteiger partial charge in [-0.25, -0.2) is 0 Å². The first-order valence-corrected chi connectivity index (χ1v) is 11.7. The van der Waals surface area contributed by atoms with Crippen LogP contribution in [0.4, 0.5) is 0 Å². The van der Waals surface area contributed by atoms with Crippen LogP contribution in [0.2, 0.25) is 0 Å². The van der Waals surface area contributed by atoms with Crippen molar-refractivity contribution in [1.82, 2.24) is 10.2 Å². The second kappa shape index (κ2) is 11.3. The van der Waals surface area contributed by atoms with Crippen LogP contribution in [-0.2, 0) is 6.42 Å². The van der Waals surface area contributed by atoms with Crippen LogP contribution in [0.25, 0.3) is 11.3 Å². The number of benzene rings is 1. The molecule has 0 aliphatic heterocycles. The molecule has 3 rings (SSSR count). The average Bonchev–Trinajstić information content (AvgIpc) is 2.75. The molecule has 2 nitrogen and oxygen atoms in total. The van der Waals surface area contributed by atoms with Gasteiger partial charge in [0.15, 0.2) is 0 Å². The van der Waals surface area contributed by atoms with Gasteiger partial charge in [-0.2, -0.15) is 10.2 Å². The lowest BCUT2D eigenvalue weighted by atomic mass is 9.78. The first-order valence-electron chi connectivity index (χ1n) is 11.7. The lowest BCUT2D eigenvalue weighted by Crippen LogP contribution is -2.14. The van der Waals surface area contributed by atoms with Gasteiger partial charge in [0.25, 0.3) is 0 Å². The van der Waals surface area contributed by atoms with Crippen molar-refractivity contribution in [1.29, 1.82) is 0 Å². The summed E-state index contributed by atoms with van der Waals surface area (Å²) in [6.07, 6.45) is 16.0. The zero-order chi connectivity index (χ0) is 19.6. The maximum atomic E-state index is 4.61. The molecular formula is C26H38N2. The number of nitrogens with zero attached hydrogens (tertiary/aromatic N) is 2. The summed E-state index contributed by atoms with van der Waals surface area (Å²) in [5, 5.41) is 9.17. The van der Waals surface area contributed by atoms with E-state index in [0.29, 0.717) is 5.92 Å². The SMILES string of the molecule is CCCCCc1ccc(-c2ccc([C@H]3CC[C@H](CCCCC)CC3)nn2)cc1. The van der Waals surface area contributed by atoms with Gasteiger partial charge >= 0.3 is 0 Å². The van der Waals surface area contributed by atoms with Crippen molar-refractivity contribution in [3.05, 3.63) is 47.7 Å². The molecule has 0 atom stereocenters. The third kappa shape index (κ3) is 6.15. The lowest BCUT2D eigenvalue weighted by molar-refractivity contribution is 0.299. The molecule has 28 heavy (non-hydrogen) atoms. The second-order valence-electron chi connectivity index (χ2n) is 8.71. The van der Waals surface area contributed by atoms with Gasteiger partial charge < -0.3 is 0 Å². The molecular weight excluding hydrogens is 340 g/mol. The molecule has 0 spiro atoms. The van der Waals surface area contributed by atoms with Crippen molar-refractivity contribution in [3.8, 4) is 11.3 Å². The highest BCUT2D eigenvalue weighted by Gasteiger charge is 2.23. The molecule has 0 saturated heterocycles. The summed E-state index contributed by atoms with van der Waals surface area (Å²) in [7, 11) is 0. The van der Waals surface area contributed by atoms with Gasteiger partial charge in [-0.05, 0) is 62.1 Å². The molecule has 1 aromatic heterocycles. The molecule has 0 N–H and O–H groups in total. The Morgan fingerprint density at radius 3 is 2.11 bits per heavy atom. The van der Waals surface area contributed by atoms with Gasteiger partial charge in [-0.1, -0.05) is 76.6 Å². The summed E-state index contributed by atoms with van der Waals surface area (Å²) >= 11 is 0. The maximum absolute atomic E-state index is 4.61. The van der Waals surface area contributed by atoms with Crippen molar-refractivity contribution < 1.29 is 0 Å². The quantitative estimate of drug-likeness (QED) is 0.395. The molecule has 0 unspecified atom stereocenters. The molecule has 2 aromatic rings.